The largest absolute Gasteiger partial charge is 0.387 e. The van der Waals surface area contributed by atoms with Gasteiger partial charge >= 0.3 is 0 Å². The fraction of sp³-hybridized carbons (Fsp3) is 0.500. The topological polar surface area (TPSA) is 32.3 Å². The number of rotatable bonds is 3. The van der Waals surface area contributed by atoms with Crippen LogP contribution in [0, 0.1) is 0 Å². The summed E-state index contributed by atoms with van der Waals surface area (Å²) in [5, 5.41) is 13.2. The maximum absolute atomic E-state index is 9.90. The van der Waals surface area contributed by atoms with Crippen molar-refractivity contribution in [2.24, 2.45) is 0 Å². The summed E-state index contributed by atoms with van der Waals surface area (Å²) in [6, 6.07) is 7.74. The Bertz CT molecular complexity index is 302. The third-order valence-electron chi connectivity index (χ3n) is 2.08. The lowest BCUT2D eigenvalue weighted by molar-refractivity contribution is 0.163. The minimum Gasteiger partial charge on any atom is -0.387 e. The highest BCUT2D eigenvalue weighted by Gasteiger charge is 2.13. The molecule has 1 rings (SSSR count). The van der Waals surface area contributed by atoms with Crippen molar-refractivity contribution in [2.75, 3.05) is 6.54 Å². The molecule has 1 atom stereocenters. The molecule has 15 heavy (non-hydrogen) atoms. The zero-order chi connectivity index (χ0) is 11.5. The molecule has 2 nitrogen and oxygen atoms in total. The molecule has 1 aromatic rings. The van der Waals surface area contributed by atoms with E-state index in [0.717, 1.165) is 10.0 Å². The van der Waals surface area contributed by atoms with Gasteiger partial charge in [-0.3, -0.25) is 0 Å². The molecule has 0 saturated heterocycles. The van der Waals surface area contributed by atoms with Crippen LogP contribution in [-0.4, -0.2) is 17.2 Å². The zero-order valence-electron chi connectivity index (χ0n) is 9.42. The molecule has 3 heteroatoms. The number of benzene rings is 1. The molecular formula is C12H18BrNO. The van der Waals surface area contributed by atoms with E-state index in [9.17, 15) is 5.11 Å². The molecule has 0 fully saturated rings. The standard InChI is InChI=1S/C12H18BrNO/c1-12(2,3)14-8-11(15)9-4-6-10(13)7-5-9/h4-7,11,14-15H,8H2,1-3H3/t11-/m0/s1. The van der Waals surface area contributed by atoms with Crippen LogP contribution in [0.5, 0.6) is 0 Å². The highest BCUT2D eigenvalue weighted by Crippen LogP contribution is 2.16. The van der Waals surface area contributed by atoms with Gasteiger partial charge in [0.05, 0.1) is 6.10 Å². The van der Waals surface area contributed by atoms with E-state index >= 15 is 0 Å². The maximum atomic E-state index is 9.90. The predicted molar refractivity (Wildman–Crippen MR) is 66.9 cm³/mol. The average Bonchev–Trinajstić information content (AvgIpc) is 2.14. The number of β-amino-alcohol motifs (C(OH)–C–C–N with tert-alkyl or cyclic N) is 1. The van der Waals surface area contributed by atoms with E-state index in [1.165, 1.54) is 0 Å². The minimum absolute atomic E-state index is 0.0380. The molecule has 0 aliphatic rings. The normalized spacial score (nSPS) is 13.9. The molecule has 0 spiro atoms. The van der Waals surface area contributed by atoms with Crippen molar-refractivity contribution in [3.05, 3.63) is 34.3 Å². The molecule has 0 aliphatic heterocycles. The van der Waals surface area contributed by atoms with Crippen molar-refractivity contribution in [1.82, 2.24) is 5.32 Å². The van der Waals surface area contributed by atoms with Crippen LogP contribution >= 0.6 is 15.9 Å². The van der Waals surface area contributed by atoms with Crippen LogP contribution in [-0.2, 0) is 0 Å². The van der Waals surface area contributed by atoms with Crippen LogP contribution in [0.1, 0.15) is 32.4 Å². The Labute approximate surface area is 99.8 Å². The molecule has 1 aromatic carbocycles. The van der Waals surface area contributed by atoms with Crippen LogP contribution in [0.25, 0.3) is 0 Å². The SMILES string of the molecule is CC(C)(C)NC[C@H](O)c1ccc(Br)cc1. The second-order valence-electron chi connectivity index (χ2n) is 4.70. The van der Waals surface area contributed by atoms with Gasteiger partial charge in [0.1, 0.15) is 0 Å². The summed E-state index contributed by atoms with van der Waals surface area (Å²) < 4.78 is 1.03. The van der Waals surface area contributed by atoms with Gasteiger partial charge in [0, 0.05) is 16.6 Å². The summed E-state index contributed by atoms with van der Waals surface area (Å²) in [7, 11) is 0. The van der Waals surface area contributed by atoms with Gasteiger partial charge in [0.15, 0.2) is 0 Å². The molecule has 0 aliphatic carbocycles. The van der Waals surface area contributed by atoms with Crippen molar-refractivity contribution < 1.29 is 5.11 Å². The van der Waals surface area contributed by atoms with Crippen LogP contribution in [0.4, 0.5) is 0 Å². The lowest BCUT2D eigenvalue weighted by Crippen LogP contribution is -2.38. The number of aliphatic hydroxyl groups is 1. The van der Waals surface area contributed by atoms with Gasteiger partial charge < -0.3 is 10.4 Å². The van der Waals surface area contributed by atoms with Crippen LogP contribution in [0.2, 0.25) is 0 Å². The van der Waals surface area contributed by atoms with Crippen molar-refractivity contribution >= 4 is 15.9 Å². The number of aliphatic hydroxyl groups excluding tert-OH is 1. The first-order chi connectivity index (χ1) is 6.88. The van der Waals surface area contributed by atoms with Crippen molar-refractivity contribution in [3.63, 3.8) is 0 Å². The highest BCUT2D eigenvalue weighted by atomic mass is 79.9. The maximum Gasteiger partial charge on any atom is 0.0914 e. The first-order valence-corrected chi connectivity index (χ1v) is 5.86. The summed E-state index contributed by atoms with van der Waals surface area (Å²) in [6.45, 7) is 6.83. The Morgan fingerprint density at radius 2 is 1.80 bits per heavy atom. The monoisotopic (exact) mass is 271 g/mol. The van der Waals surface area contributed by atoms with Crippen LogP contribution in [0.15, 0.2) is 28.7 Å². The van der Waals surface area contributed by atoms with E-state index < -0.39 is 6.10 Å². The second kappa shape index (κ2) is 5.10. The van der Waals surface area contributed by atoms with Gasteiger partial charge in [-0.1, -0.05) is 28.1 Å². The minimum atomic E-state index is -0.447. The van der Waals surface area contributed by atoms with E-state index in [4.69, 9.17) is 0 Å². The lowest BCUT2D eigenvalue weighted by atomic mass is 10.1. The first-order valence-electron chi connectivity index (χ1n) is 5.07. The van der Waals surface area contributed by atoms with E-state index in [1.807, 2.05) is 24.3 Å². The first kappa shape index (κ1) is 12.7. The fourth-order valence-electron chi connectivity index (χ4n) is 1.21. The summed E-state index contributed by atoms with van der Waals surface area (Å²) in [5.74, 6) is 0. The molecule has 0 bridgehead atoms. The molecule has 0 heterocycles. The summed E-state index contributed by atoms with van der Waals surface area (Å²) in [6.07, 6.45) is -0.447. The Morgan fingerprint density at radius 1 is 1.27 bits per heavy atom. The van der Waals surface area contributed by atoms with E-state index in [0.29, 0.717) is 6.54 Å². The Morgan fingerprint density at radius 3 is 2.27 bits per heavy atom. The van der Waals surface area contributed by atoms with Gasteiger partial charge in [0.2, 0.25) is 0 Å². The molecular weight excluding hydrogens is 254 g/mol. The second-order valence-corrected chi connectivity index (χ2v) is 5.61. The predicted octanol–water partition coefficient (Wildman–Crippen LogP) is 2.87. The highest BCUT2D eigenvalue weighted by molar-refractivity contribution is 9.10. The van der Waals surface area contributed by atoms with Gasteiger partial charge in [-0.25, -0.2) is 0 Å². The summed E-state index contributed by atoms with van der Waals surface area (Å²) in [5.41, 5.74) is 0.978. The number of hydrogen-bond donors (Lipinski definition) is 2. The quantitative estimate of drug-likeness (QED) is 0.886. The Hall–Kier alpha value is -0.380. The van der Waals surface area contributed by atoms with Crippen LogP contribution in [0.3, 0.4) is 0 Å². The van der Waals surface area contributed by atoms with Crippen molar-refractivity contribution in [1.29, 1.82) is 0 Å². The third kappa shape index (κ3) is 4.78. The molecule has 2 N–H and O–H groups in total. The smallest absolute Gasteiger partial charge is 0.0914 e. The van der Waals surface area contributed by atoms with E-state index in [-0.39, 0.29) is 5.54 Å². The molecule has 0 amide bonds. The molecule has 84 valence electrons. The number of nitrogens with one attached hydrogen (secondary N) is 1. The van der Waals surface area contributed by atoms with Gasteiger partial charge in [0.25, 0.3) is 0 Å². The molecule has 0 unspecified atom stereocenters. The molecule has 0 radical (unpaired) electrons. The Kier molecular flexibility index (Phi) is 4.32. The third-order valence-corrected chi connectivity index (χ3v) is 2.61. The van der Waals surface area contributed by atoms with Crippen LogP contribution < -0.4 is 5.32 Å². The summed E-state index contributed by atoms with van der Waals surface area (Å²) in [4.78, 5) is 0. The number of hydrogen-bond acceptors (Lipinski definition) is 2. The lowest BCUT2D eigenvalue weighted by Gasteiger charge is -2.23. The summed E-state index contributed by atoms with van der Waals surface area (Å²) >= 11 is 3.37. The van der Waals surface area contributed by atoms with Crippen molar-refractivity contribution in [3.8, 4) is 0 Å². The molecule has 0 saturated carbocycles. The fourth-order valence-corrected chi connectivity index (χ4v) is 1.47. The molecule has 0 aromatic heterocycles. The zero-order valence-corrected chi connectivity index (χ0v) is 11.0. The average molecular weight is 272 g/mol. The van der Waals surface area contributed by atoms with Crippen molar-refractivity contribution in [2.45, 2.75) is 32.4 Å². The van der Waals surface area contributed by atoms with E-state index in [1.54, 1.807) is 0 Å². The van der Waals surface area contributed by atoms with Gasteiger partial charge in [-0.05, 0) is 38.5 Å². The number of halogens is 1. The Balaban J connectivity index is 2.54. The van der Waals surface area contributed by atoms with E-state index in [2.05, 4.69) is 42.0 Å². The van der Waals surface area contributed by atoms with Gasteiger partial charge in [-0.15, -0.1) is 0 Å². The van der Waals surface area contributed by atoms with Gasteiger partial charge in [-0.2, -0.15) is 0 Å².